The Labute approximate surface area is 119 Å². The fraction of sp³-hybridized carbons (Fsp3) is 0.500. The lowest BCUT2D eigenvalue weighted by molar-refractivity contribution is -0.140. The highest BCUT2D eigenvalue weighted by molar-refractivity contribution is 5.94. The zero-order chi connectivity index (χ0) is 15.7. The van der Waals surface area contributed by atoms with Gasteiger partial charge in [0.25, 0.3) is 5.91 Å². The van der Waals surface area contributed by atoms with Gasteiger partial charge in [-0.05, 0) is 37.5 Å². The molecular formula is C14H15F4NO2. The molecule has 1 amide bonds. The second kappa shape index (κ2) is 5.63. The minimum Gasteiger partial charge on any atom is -0.376 e. The number of carbonyl (C=O) groups excluding carboxylic acids is 1. The number of methoxy groups -OCH3 is 1. The predicted molar refractivity (Wildman–Crippen MR) is 67.3 cm³/mol. The smallest absolute Gasteiger partial charge is 0.376 e. The Bertz CT molecular complexity index is 533. The molecule has 0 atom stereocenters. The van der Waals surface area contributed by atoms with Crippen LogP contribution >= 0.6 is 0 Å². The normalized spacial score (nSPS) is 17.2. The first-order chi connectivity index (χ1) is 9.77. The van der Waals surface area contributed by atoms with Crippen molar-refractivity contribution >= 4 is 5.91 Å². The van der Waals surface area contributed by atoms with Crippen molar-refractivity contribution in [1.29, 1.82) is 0 Å². The van der Waals surface area contributed by atoms with Crippen molar-refractivity contribution in [3.8, 4) is 0 Å². The molecule has 21 heavy (non-hydrogen) atoms. The highest BCUT2D eigenvalue weighted by Gasteiger charge is 2.38. The fourth-order valence-electron chi connectivity index (χ4n) is 2.25. The first kappa shape index (κ1) is 15.8. The van der Waals surface area contributed by atoms with Crippen molar-refractivity contribution in [3.63, 3.8) is 0 Å². The number of nitrogens with one attached hydrogen (secondary N) is 1. The molecular weight excluding hydrogens is 290 g/mol. The molecule has 1 fully saturated rings. The van der Waals surface area contributed by atoms with Gasteiger partial charge in [-0.3, -0.25) is 4.79 Å². The number of benzene rings is 1. The molecule has 0 aliphatic heterocycles. The highest BCUT2D eigenvalue weighted by atomic mass is 19.4. The van der Waals surface area contributed by atoms with Gasteiger partial charge in [0.15, 0.2) is 0 Å². The fourth-order valence-corrected chi connectivity index (χ4v) is 2.25. The van der Waals surface area contributed by atoms with E-state index in [1.54, 1.807) is 0 Å². The zero-order valence-electron chi connectivity index (χ0n) is 11.4. The van der Waals surface area contributed by atoms with Crippen LogP contribution in [0.15, 0.2) is 18.2 Å². The van der Waals surface area contributed by atoms with Gasteiger partial charge >= 0.3 is 6.18 Å². The topological polar surface area (TPSA) is 38.3 Å². The predicted octanol–water partition coefficient (Wildman–Crippen LogP) is 3.14. The molecule has 0 radical (unpaired) electrons. The summed E-state index contributed by atoms with van der Waals surface area (Å²) in [5.74, 6) is -2.07. The molecule has 3 nitrogen and oxygen atoms in total. The van der Waals surface area contributed by atoms with Gasteiger partial charge in [0.2, 0.25) is 0 Å². The monoisotopic (exact) mass is 305 g/mol. The maximum atomic E-state index is 13.2. The van der Waals surface area contributed by atoms with E-state index in [4.69, 9.17) is 4.74 Å². The molecule has 116 valence electrons. The molecule has 1 aliphatic rings. The molecule has 0 unspecified atom stereocenters. The van der Waals surface area contributed by atoms with E-state index < -0.39 is 29.1 Å². The molecule has 0 saturated heterocycles. The van der Waals surface area contributed by atoms with E-state index >= 15 is 0 Å². The molecule has 0 heterocycles. The van der Waals surface area contributed by atoms with Crippen LogP contribution in [0.1, 0.15) is 35.2 Å². The van der Waals surface area contributed by atoms with Gasteiger partial charge in [0.05, 0.1) is 11.2 Å². The molecule has 1 N–H and O–H groups in total. The second-order valence-electron chi connectivity index (χ2n) is 5.12. The van der Waals surface area contributed by atoms with E-state index in [0.29, 0.717) is 12.1 Å². The number of alkyl halides is 3. The molecule has 1 aromatic carbocycles. The van der Waals surface area contributed by atoms with Gasteiger partial charge in [-0.2, -0.15) is 13.2 Å². The minimum atomic E-state index is -4.83. The average molecular weight is 305 g/mol. The van der Waals surface area contributed by atoms with Gasteiger partial charge in [0, 0.05) is 19.2 Å². The Hall–Kier alpha value is -1.63. The van der Waals surface area contributed by atoms with Crippen molar-refractivity contribution in [2.75, 3.05) is 13.7 Å². The van der Waals surface area contributed by atoms with Gasteiger partial charge in [-0.15, -0.1) is 0 Å². The number of carbonyl (C=O) groups is 1. The highest BCUT2D eigenvalue weighted by Crippen LogP contribution is 2.34. The van der Waals surface area contributed by atoms with Crippen LogP contribution in [0.3, 0.4) is 0 Å². The number of hydrogen-bond acceptors (Lipinski definition) is 2. The zero-order valence-corrected chi connectivity index (χ0v) is 11.4. The molecule has 1 aliphatic carbocycles. The summed E-state index contributed by atoms with van der Waals surface area (Å²) in [6, 6.07) is 2.19. The molecule has 0 bridgehead atoms. The lowest BCUT2D eigenvalue weighted by Gasteiger charge is -2.40. The molecule has 0 spiro atoms. The Morgan fingerprint density at radius 2 is 2.05 bits per heavy atom. The maximum Gasteiger partial charge on any atom is 0.419 e. The van der Waals surface area contributed by atoms with Gasteiger partial charge in [-0.25, -0.2) is 4.39 Å². The van der Waals surface area contributed by atoms with Crippen LogP contribution in [0.4, 0.5) is 17.6 Å². The summed E-state index contributed by atoms with van der Waals surface area (Å²) in [5, 5.41) is 2.54. The first-order valence-electron chi connectivity index (χ1n) is 6.47. The Morgan fingerprint density at radius 3 is 2.52 bits per heavy atom. The molecule has 0 aromatic heterocycles. The summed E-state index contributed by atoms with van der Waals surface area (Å²) < 4.78 is 56.2. The number of hydrogen-bond donors (Lipinski definition) is 1. The average Bonchev–Trinajstić information content (AvgIpc) is 2.37. The van der Waals surface area contributed by atoms with Crippen LogP contribution in [-0.4, -0.2) is 25.2 Å². The van der Waals surface area contributed by atoms with Gasteiger partial charge in [0.1, 0.15) is 5.82 Å². The minimum absolute atomic E-state index is 0.223. The quantitative estimate of drug-likeness (QED) is 0.868. The van der Waals surface area contributed by atoms with Crippen molar-refractivity contribution in [2.45, 2.75) is 31.0 Å². The third kappa shape index (κ3) is 3.34. The second-order valence-corrected chi connectivity index (χ2v) is 5.12. The van der Waals surface area contributed by atoms with Gasteiger partial charge < -0.3 is 10.1 Å². The van der Waals surface area contributed by atoms with Crippen molar-refractivity contribution in [3.05, 3.63) is 35.1 Å². The number of rotatable bonds is 4. The van der Waals surface area contributed by atoms with Crippen molar-refractivity contribution in [1.82, 2.24) is 5.32 Å². The van der Waals surface area contributed by atoms with Crippen molar-refractivity contribution in [2.24, 2.45) is 0 Å². The van der Waals surface area contributed by atoms with E-state index in [2.05, 4.69) is 5.32 Å². The van der Waals surface area contributed by atoms with E-state index in [1.165, 1.54) is 7.11 Å². The molecule has 2 rings (SSSR count). The Morgan fingerprint density at radius 1 is 1.38 bits per heavy atom. The van der Waals surface area contributed by atoms with E-state index in [-0.39, 0.29) is 12.1 Å². The summed E-state index contributed by atoms with van der Waals surface area (Å²) in [4.78, 5) is 11.9. The van der Waals surface area contributed by atoms with Crippen LogP contribution < -0.4 is 5.32 Å². The third-order valence-electron chi connectivity index (χ3n) is 3.80. The lowest BCUT2D eigenvalue weighted by Crippen LogP contribution is -2.49. The summed E-state index contributed by atoms with van der Waals surface area (Å²) in [5.41, 5.74) is -2.10. The lowest BCUT2D eigenvalue weighted by atomic mass is 9.80. The summed E-state index contributed by atoms with van der Waals surface area (Å²) in [7, 11) is 1.53. The maximum absolute atomic E-state index is 13.2. The molecule has 1 aromatic rings. The van der Waals surface area contributed by atoms with Crippen molar-refractivity contribution < 1.29 is 27.1 Å². The Kier molecular flexibility index (Phi) is 4.22. The number of amides is 1. The molecule has 1 saturated carbocycles. The summed E-state index contributed by atoms with van der Waals surface area (Å²) in [6.45, 7) is 0.223. The molecule has 7 heteroatoms. The summed E-state index contributed by atoms with van der Waals surface area (Å²) in [6.07, 6.45) is -2.26. The van der Waals surface area contributed by atoms with Crippen LogP contribution in [0.25, 0.3) is 0 Å². The van der Waals surface area contributed by atoms with E-state index in [9.17, 15) is 22.4 Å². The van der Waals surface area contributed by atoms with E-state index in [1.807, 2.05) is 0 Å². The number of halogens is 4. The van der Waals surface area contributed by atoms with Gasteiger partial charge in [-0.1, -0.05) is 0 Å². The van der Waals surface area contributed by atoms with Crippen LogP contribution in [0.2, 0.25) is 0 Å². The first-order valence-corrected chi connectivity index (χ1v) is 6.47. The largest absolute Gasteiger partial charge is 0.419 e. The third-order valence-corrected chi connectivity index (χ3v) is 3.80. The Balaban J connectivity index is 2.09. The van der Waals surface area contributed by atoms with Crippen LogP contribution in [-0.2, 0) is 10.9 Å². The van der Waals surface area contributed by atoms with Crippen LogP contribution in [0.5, 0.6) is 0 Å². The number of ether oxygens (including phenoxy) is 1. The van der Waals surface area contributed by atoms with E-state index in [0.717, 1.165) is 25.3 Å². The standard InChI is InChI=1S/C14H15F4NO2/c1-21-13(5-2-6-13)8-19-12(20)9-3-4-11(15)10(7-9)14(16,17)18/h3-4,7H,2,5-6,8H2,1H3,(H,19,20). The van der Waals surface area contributed by atoms with Crippen LogP contribution in [0, 0.1) is 5.82 Å². The summed E-state index contributed by atoms with van der Waals surface area (Å²) >= 11 is 0. The SMILES string of the molecule is COC1(CNC(=O)c2ccc(F)c(C(F)(F)F)c2)CCC1.